The number of hydrogen-bond acceptors (Lipinski definition) is 3. The van der Waals surface area contributed by atoms with Gasteiger partial charge in [0.25, 0.3) is 5.91 Å². The summed E-state index contributed by atoms with van der Waals surface area (Å²) in [5.74, 6) is 0.455. The van der Waals surface area contributed by atoms with Crippen LogP contribution in [0.3, 0.4) is 0 Å². The zero-order valence-electron chi connectivity index (χ0n) is 13.4. The van der Waals surface area contributed by atoms with Crippen LogP contribution in [0.1, 0.15) is 36.3 Å². The van der Waals surface area contributed by atoms with Gasteiger partial charge in [0.15, 0.2) is 0 Å². The van der Waals surface area contributed by atoms with Crippen LogP contribution in [-0.2, 0) is 0 Å². The maximum atomic E-state index is 12.3. The van der Waals surface area contributed by atoms with E-state index in [0.29, 0.717) is 11.6 Å². The Bertz CT molecular complexity index is 638. The van der Waals surface area contributed by atoms with E-state index < -0.39 is 0 Å². The molecule has 0 radical (unpaired) electrons. The molecule has 2 aromatic rings. The second kappa shape index (κ2) is 7.59. The van der Waals surface area contributed by atoms with Crippen molar-refractivity contribution in [2.45, 2.75) is 27.2 Å². The Kier molecular flexibility index (Phi) is 5.53. The number of benzene rings is 1. The monoisotopic (exact) mass is 297 g/mol. The molecule has 0 aliphatic heterocycles. The Morgan fingerprint density at radius 1 is 1.18 bits per heavy atom. The Labute approximate surface area is 132 Å². The SMILES string of the molecule is Cc1cccc(NC(=O)c2cc(NCCC(C)C)ccn2)c1. The second-order valence-electron chi connectivity index (χ2n) is 5.86. The molecule has 116 valence electrons. The fourth-order valence-electron chi connectivity index (χ4n) is 2.09. The Hall–Kier alpha value is -2.36. The lowest BCUT2D eigenvalue weighted by molar-refractivity contribution is 0.102. The minimum atomic E-state index is -0.196. The molecule has 22 heavy (non-hydrogen) atoms. The van der Waals surface area contributed by atoms with E-state index in [1.54, 1.807) is 12.3 Å². The van der Waals surface area contributed by atoms with E-state index in [0.717, 1.165) is 29.9 Å². The van der Waals surface area contributed by atoms with Crippen molar-refractivity contribution in [2.75, 3.05) is 17.2 Å². The van der Waals surface area contributed by atoms with Gasteiger partial charge in [-0.2, -0.15) is 0 Å². The minimum absolute atomic E-state index is 0.196. The van der Waals surface area contributed by atoms with E-state index in [9.17, 15) is 4.79 Å². The van der Waals surface area contributed by atoms with Crippen LogP contribution < -0.4 is 10.6 Å². The van der Waals surface area contributed by atoms with Crippen LogP contribution in [0.25, 0.3) is 0 Å². The van der Waals surface area contributed by atoms with Gasteiger partial charge in [0.1, 0.15) is 5.69 Å². The van der Waals surface area contributed by atoms with Gasteiger partial charge in [0.2, 0.25) is 0 Å². The molecule has 0 aliphatic carbocycles. The summed E-state index contributed by atoms with van der Waals surface area (Å²) in [6.45, 7) is 7.26. The van der Waals surface area contributed by atoms with Gasteiger partial charge in [-0.15, -0.1) is 0 Å². The Morgan fingerprint density at radius 3 is 2.73 bits per heavy atom. The summed E-state index contributed by atoms with van der Waals surface area (Å²) < 4.78 is 0. The first-order valence-electron chi connectivity index (χ1n) is 7.62. The molecule has 0 atom stereocenters. The summed E-state index contributed by atoms with van der Waals surface area (Å²) in [5.41, 5.74) is 3.22. The molecule has 0 fully saturated rings. The van der Waals surface area contributed by atoms with E-state index in [1.807, 2.05) is 37.3 Å². The highest BCUT2D eigenvalue weighted by Gasteiger charge is 2.08. The maximum absolute atomic E-state index is 12.3. The second-order valence-corrected chi connectivity index (χ2v) is 5.86. The van der Waals surface area contributed by atoms with Gasteiger partial charge < -0.3 is 10.6 Å². The zero-order chi connectivity index (χ0) is 15.9. The molecule has 0 spiro atoms. The van der Waals surface area contributed by atoms with Crippen molar-refractivity contribution in [1.82, 2.24) is 4.98 Å². The number of hydrogen-bond donors (Lipinski definition) is 2. The first kappa shape index (κ1) is 16.0. The predicted molar refractivity (Wildman–Crippen MR) is 91.3 cm³/mol. The molecule has 4 nitrogen and oxygen atoms in total. The van der Waals surface area contributed by atoms with Crippen molar-refractivity contribution in [3.8, 4) is 0 Å². The molecule has 1 heterocycles. The number of nitrogens with one attached hydrogen (secondary N) is 2. The summed E-state index contributed by atoms with van der Waals surface area (Å²) in [6, 6.07) is 11.4. The fourth-order valence-corrected chi connectivity index (χ4v) is 2.09. The molecule has 1 amide bonds. The minimum Gasteiger partial charge on any atom is -0.385 e. The molecule has 1 aromatic heterocycles. The number of pyridine rings is 1. The molecule has 0 saturated carbocycles. The highest BCUT2D eigenvalue weighted by molar-refractivity contribution is 6.03. The number of aromatic nitrogens is 1. The van der Waals surface area contributed by atoms with Crippen LogP contribution in [0.5, 0.6) is 0 Å². The quantitative estimate of drug-likeness (QED) is 0.844. The molecule has 4 heteroatoms. The molecule has 0 saturated heterocycles. The maximum Gasteiger partial charge on any atom is 0.274 e. The standard InChI is InChI=1S/C18H23N3O/c1-13(2)7-9-19-15-8-10-20-17(12-15)18(22)21-16-6-4-5-14(3)11-16/h4-6,8,10-13H,7,9H2,1-3H3,(H,19,20)(H,21,22). The smallest absolute Gasteiger partial charge is 0.274 e. The topological polar surface area (TPSA) is 54.0 Å². The average Bonchev–Trinajstić information content (AvgIpc) is 2.47. The lowest BCUT2D eigenvalue weighted by Gasteiger charge is -2.10. The van der Waals surface area contributed by atoms with Crippen LogP contribution >= 0.6 is 0 Å². The molecular formula is C18H23N3O. The van der Waals surface area contributed by atoms with Crippen molar-refractivity contribution < 1.29 is 4.79 Å². The molecule has 0 unspecified atom stereocenters. The fraction of sp³-hybridized carbons (Fsp3) is 0.333. The lowest BCUT2D eigenvalue weighted by Crippen LogP contribution is -2.14. The van der Waals surface area contributed by atoms with Crippen molar-refractivity contribution in [2.24, 2.45) is 5.92 Å². The van der Waals surface area contributed by atoms with E-state index >= 15 is 0 Å². The number of nitrogens with zero attached hydrogens (tertiary/aromatic N) is 1. The summed E-state index contributed by atoms with van der Waals surface area (Å²) in [5, 5.41) is 6.20. The van der Waals surface area contributed by atoms with Gasteiger partial charge in [-0.1, -0.05) is 26.0 Å². The van der Waals surface area contributed by atoms with Crippen molar-refractivity contribution in [3.63, 3.8) is 0 Å². The van der Waals surface area contributed by atoms with Crippen LogP contribution in [0, 0.1) is 12.8 Å². The largest absolute Gasteiger partial charge is 0.385 e. The van der Waals surface area contributed by atoms with E-state index in [2.05, 4.69) is 29.5 Å². The third kappa shape index (κ3) is 4.88. The highest BCUT2D eigenvalue weighted by Crippen LogP contribution is 2.13. The first-order valence-corrected chi connectivity index (χ1v) is 7.62. The van der Waals surface area contributed by atoms with Gasteiger partial charge in [0.05, 0.1) is 0 Å². The third-order valence-corrected chi connectivity index (χ3v) is 3.32. The Balaban J connectivity index is 2.00. The normalized spacial score (nSPS) is 10.5. The highest BCUT2D eigenvalue weighted by atomic mass is 16.1. The molecule has 2 rings (SSSR count). The van der Waals surface area contributed by atoms with Gasteiger partial charge in [-0.25, -0.2) is 0 Å². The Morgan fingerprint density at radius 2 is 2.00 bits per heavy atom. The summed E-state index contributed by atoms with van der Waals surface area (Å²) in [4.78, 5) is 16.4. The number of rotatable bonds is 6. The first-order chi connectivity index (χ1) is 10.5. The zero-order valence-corrected chi connectivity index (χ0v) is 13.4. The van der Waals surface area contributed by atoms with Crippen LogP contribution in [0.15, 0.2) is 42.6 Å². The van der Waals surface area contributed by atoms with Crippen molar-refractivity contribution >= 4 is 17.3 Å². The lowest BCUT2D eigenvalue weighted by atomic mass is 10.1. The number of carbonyl (C=O) groups excluding carboxylic acids is 1. The predicted octanol–water partition coefficient (Wildman–Crippen LogP) is 4.10. The molecular weight excluding hydrogens is 274 g/mol. The summed E-state index contributed by atoms with van der Waals surface area (Å²) in [7, 11) is 0. The van der Waals surface area contributed by atoms with Gasteiger partial charge in [-0.05, 0) is 49.1 Å². The van der Waals surface area contributed by atoms with Crippen LogP contribution in [0.2, 0.25) is 0 Å². The molecule has 2 N–H and O–H groups in total. The number of anilines is 2. The van der Waals surface area contributed by atoms with E-state index in [-0.39, 0.29) is 5.91 Å². The third-order valence-electron chi connectivity index (χ3n) is 3.32. The van der Waals surface area contributed by atoms with Crippen molar-refractivity contribution in [1.29, 1.82) is 0 Å². The summed E-state index contributed by atoms with van der Waals surface area (Å²) >= 11 is 0. The van der Waals surface area contributed by atoms with E-state index in [4.69, 9.17) is 0 Å². The van der Waals surface area contributed by atoms with Gasteiger partial charge >= 0.3 is 0 Å². The molecule has 0 bridgehead atoms. The number of carbonyl (C=O) groups is 1. The van der Waals surface area contributed by atoms with Crippen LogP contribution in [0.4, 0.5) is 11.4 Å². The molecule has 1 aromatic carbocycles. The number of aryl methyl sites for hydroxylation is 1. The number of amides is 1. The van der Waals surface area contributed by atoms with Crippen molar-refractivity contribution in [3.05, 3.63) is 53.9 Å². The molecule has 0 aliphatic rings. The van der Waals surface area contributed by atoms with E-state index in [1.165, 1.54) is 0 Å². The van der Waals surface area contributed by atoms with Crippen LogP contribution in [-0.4, -0.2) is 17.4 Å². The van der Waals surface area contributed by atoms with Gasteiger partial charge in [-0.3, -0.25) is 9.78 Å². The average molecular weight is 297 g/mol. The van der Waals surface area contributed by atoms with Gasteiger partial charge in [0, 0.05) is 24.1 Å². The summed E-state index contributed by atoms with van der Waals surface area (Å²) in [6.07, 6.45) is 2.75.